The predicted octanol–water partition coefficient (Wildman–Crippen LogP) is 2.49. The predicted molar refractivity (Wildman–Crippen MR) is 86.6 cm³/mol. The van der Waals surface area contributed by atoms with Crippen LogP contribution in [0.1, 0.15) is 31.9 Å². The number of aliphatic carboxylic acids is 1. The second kappa shape index (κ2) is 7.46. The molecule has 1 atom stereocenters. The van der Waals surface area contributed by atoms with E-state index in [0.717, 1.165) is 5.56 Å². The number of alkyl carbamates (subject to hydrolysis) is 1. The molecule has 6 nitrogen and oxygen atoms in total. The summed E-state index contributed by atoms with van der Waals surface area (Å²) in [6, 6.07) is 7.13. The number of aryl methyl sites for hydroxylation is 1. The third-order valence-electron chi connectivity index (χ3n) is 3.34. The summed E-state index contributed by atoms with van der Waals surface area (Å²) in [4.78, 5) is 23.8. The Balaban J connectivity index is 3.03. The highest BCUT2D eigenvalue weighted by atomic mass is 16.6. The molecular weight excluding hydrogens is 298 g/mol. The van der Waals surface area contributed by atoms with Crippen molar-refractivity contribution in [3.8, 4) is 0 Å². The first-order valence-corrected chi connectivity index (χ1v) is 7.37. The van der Waals surface area contributed by atoms with E-state index in [1.807, 2.05) is 19.1 Å². The van der Waals surface area contributed by atoms with E-state index in [4.69, 9.17) is 9.47 Å². The summed E-state index contributed by atoms with van der Waals surface area (Å²) >= 11 is 0. The Hall–Kier alpha value is -2.08. The second-order valence-corrected chi connectivity index (χ2v) is 6.54. The Kier molecular flexibility index (Phi) is 6.15. The first-order valence-electron chi connectivity index (χ1n) is 7.37. The number of nitrogens with one attached hydrogen (secondary N) is 1. The Morgan fingerprint density at radius 2 is 1.74 bits per heavy atom. The maximum Gasteiger partial charge on any atom is 0.407 e. The van der Waals surface area contributed by atoms with Gasteiger partial charge in [-0.2, -0.15) is 0 Å². The highest BCUT2D eigenvalue weighted by molar-refractivity contribution is 5.83. The fourth-order valence-corrected chi connectivity index (χ4v) is 2.15. The van der Waals surface area contributed by atoms with Gasteiger partial charge in [0.15, 0.2) is 0 Å². The van der Waals surface area contributed by atoms with Gasteiger partial charge in [-0.15, -0.1) is 0 Å². The lowest BCUT2D eigenvalue weighted by atomic mass is 9.80. The van der Waals surface area contributed by atoms with Crippen LogP contribution in [-0.2, 0) is 19.7 Å². The van der Waals surface area contributed by atoms with Crippen LogP contribution in [0, 0.1) is 6.92 Å². The minimum absolute atomic E-state index is 0.0683. The lowest BCUT2D eigenvalue weighted by molar-refractivity contribution is -0.145. The molecule has 0 heterocycles. The second-order valence-electron chi connectivity index (χ2n) is 6.54. The normalized spacial score (nSPS) is 14.0. The van der Waals surface area contributed by atoms with E-state index >= 15 is 0 Å². The summed E-state index contributed by atoms with van der Waals surface area (Å²) < 4.78 is 10.3. The molecule has 6 heteroatoms. The highest BCUT2D eigenvalue weighted by Crippen LogP contribution is 2.25. The number of carbonyl (C=O) groups is 2. The molecule has 1 amide bonds. The molecule has 0 spiro atoms. The Morgan fingerprint density at radius 3 is 2.17 bits per heavy atom. The quantitative estimate of drug-likeness (QED) is 0.840. The molecule has 1 aromatic rings. The molecule has 128 valence electrons. The summed E-state index contributed by atoms with van der Waals surface area (Å²) in [7, 11) is 1.43. The average Bonchev–Trinajstić information content (AvgIpc) is 2.42. The fraction of sp³-hybridized carbons (Fsp3) is 0.529. The number of carboxylic acid groups (broad SMARTS) is 1. The van der Waals surface area contributed by atoms with Gasteiger partial charge in [-0.25, -0.2) is 4.79 Å². The minimum atomic E-state index is -1.38. The number of benzene rings is 1. The maximum atomic E-state index is 11.9. The van der Waals surface area contributed by atoms with Crippen LogP contribution in [0.5, 0.6) is 0 Å². The zero-order chi connectivity index (χ0) is 17.7. The topological polar surface area (TPSA) is 84.9 Å². The summed E-state index contributed by atoms with van der Waals surface area (Å²) in [6.45, 7) is 6.95. The number of carbonyl (C=O) groups excluding carboxylic acids is 1. The van der Waals surface area contributed by atoms with Gasteiger partial charge in [0.1, 0.15) is 11.0 Å². The summed E-state index contributed by atoms with van der Waals surface area (Å²) in [5.41, 5.74) is -0.445. The molecular formula is C17H25NO5. The molecule has 0 aromatic heterocycles. The van der Waals surface area contributed by atoms with Crippen LogP contribution >= 0.6 is 0 Å². The van der Waals surface area contributed by atoms with Crippen molar-refractivity contribution in [3.05, 3.63) is 35.4 Å². The van der Waals surface area contributed by atoms with E-state index in [1.54, 1.807) is 32.9 Å². The van der Waals surface area contributed by atoms with Crippen molar-refractivity contribution in [2.24, 2.45) is 0 Å². The van der Waals surface area contributed by atoms with Crippen LogP contribution in [-0.4, -0.2) is 43.0 Å². The molecule has 0 aliphatic carbocycles. The number of ether oxygens (including phenoxy) is 2. The van der Waals surface area contributed by atoms with Gasteiger partial charge in [-0.3, -0.25) is 4.79 Å². The largest absolute Gasteiger partial charge is 0.480 e. The van der Waals surface area contributed by atoms with E-state index in [1.165, 1.54) is 7.11 Å². The zero-order valence-electron chi connectivity index (χ0n) is 14.3. The number of hydrogen-bond donors (Lipinski definition) is 2. The van der Waals surface area contributed by atoms with Gasteiger partial charge in [0.25, 0.3) is 0 Å². The van der Waals surface area contributed by atoms with Crippen LogP contribution in [0.3, 0.4) is 0 Å². The number of hydrogen-bond acceptors (Lipinski definition) is 4. The van der Waals surface area contributed by atoms with Crippen molar-refractivity contribution < 1.29 is 24.2 Å². The third kappa shape index (κ3) is 5.25. The van der Waals surface area contributed by atoms with Gasteiger partial charge >= 0.3 is 12.1 Å². The van der Waals surface area contributed by atoms with Gasteiger partial charge in [-0.05, 0) is 33.3 Å². The van der Waals surface area contributed by atoms with E-state index in [0.29, 0.717) is 5.56 Å². The van der Waals surface area contributed by atoms with Gasteiger partial charge in [0.2, 0.25) is 0 Å². The lowest BCUT2D eigenvalue weighted by Crippen LogP contribution is -2.50. The van der Waals surface area contributed by atoms with Crippen LogP contribution in [0.25, 0.3) is 0 Å². The van der Waals surface area contributed by atoms with E-state index < -0.39 is 23.1 Å². The van der Waals surface area contributed by atoms with Crippen molar-refractivity contribution >= 4 is 12.1 Å². The van der Waals surface area contributed by atoms with Crippen LogP contribution in [0.15, 0.2) is 24.3 Å². The Labute approximate surface area is 136 Å². The van der Waals surface area contributed by atoms with E-state index in [2.05, 4.69) is 5.32 Å². The van der Waals surface area contributed by atoms with Crippen molar-refractivity contribution in [2.45, 2.75) is 38.7 Å². The maximum absolute atomic E-state index is 11.9. The third-order valence-corrected chi connectivity index (χ3v) is 3.34. The minimum Gasteiger partial charge on any atom is -0.480 e. The lowest BCUT2D eigenvalue weighted by Gasteiger charge is -2.30. The summed E-state index contributed by atoms with van der Waals surface area (Å²) in [6.07, 6.45) is -0.661. The first-order chi connectivity index (χ1) is 10.6. The average molecular weight is 323 g/mol. The standard InChI is InChI=1S/C17H25NO5/c1-12-6-8-13(9-7-12)17(11-22-5,14(19)20)10-18-15(21)23-16(2,3)4/h6-9H,10-11H2,1-5H3,(H,18,21)(H,19,20). The fourth-order valence-electron chi connectivity index (χ4n) is 2.15. The van der Waals surface area contributed by atoms with Crippen LogP contribution in [0.4, 0.5) is 4.79 Å². The molecule has 23 heavy (non-hydrogen) atoms. The van der Waals surface area contributed by atoms with Crippen molar-refractivity contribution in [2.75, 3.05) is 20.3 Å². The summed E-state index contributed by atoms with van der Waals surface area (Å²) in [5, 5.41) is 12.3. The number of carboxylic acids is 1. The molecule has 0 fully saturated rings. The SMILES string of the molecule is COCC(CNC(=O)OC(C)(C)C)(C(=O)O)c1ccc(C)cc1. The molecule has 2 N–H and O–H groups in total. The van der Waals surface area contributed by atoms with E-state index in [9.17, 15) is 14.7 Å². The highest BCUT2D eigenvalue weighted by Gasteiger charge is 2.41. The molecule has 0 aliphatic rings. The number of amides is 1. The number of methoxy groups -OCH3 is 1. The molecule has 0 bridgehead atoms. The molecule has 1 rings (SSSR count). The van der Waals surface area contributed by atoms with Gasteiger partial charge in [0.05, 0.1) is 6.61 Å². The zero-order valence-corrected chi connectivity index (χ0v) is 14.3. The molecule has 0 aliphatic heterocycles. The van der Waals surface area contributed by atoms with Crippen LogP contribution in [0.2, 0.25) is 0 Å². The van der Waals surface area contributed by atoms with E-state index in [-0.39, 0.29) is 13.2 Å². The summed E-state index contributed by atoms with van der Waals surface area (Å²) in [5.74, 6) is -1.07. The van der Waals surface area contributed by atoms with Crippen molar-refractivity contribution in [3.63, 3.8) is 0 Å². The molecule has 0 radical (unpaired) electrons. The Morgan fingerprint density at radius 1 is 1.17 bits per heavy atom. The first kappa shape index (κ1) is 19.0. The number of rotatable bonds is 6. The van der Waals surface area contributed by atoms with Crippen LogP contribution < -0.4 is 5.32 Å². The smallest absolute Gasteiger partial charge is 0.407 e. The van der Waals surface area contributed by atoms with Gasteiger partial charge in [-0.1, -0.05) is 29.8 Å². The molecule has 1 aromatic carbocycles. The van der Waals surface area contributed by atoms with Gasteiger partial charge in [0, 0.05) is 13.7 Å². The molecule has 0 saturated carbocycles. The van der Waals surface area contributed by atoms with Gasteiger partial charge < -0.3 is 19.9 Å². The molecule has 1 unspecified atom stereocenters. The van der Waals surface area contributed by atoms with Crippen molar-refractivity contribution in [1.82, 2.24) is 5.32 Å². The Bertz CT molecular complexity index is 547. The molecule has 0 saturated heterocycles. The monoisotopic (exact) mass is 323 g/mol. The van der Waals surface area contributed by atoms with Crippen molar-refractivity contribution in [1.29, 1.82) is 0 Å².